The lowest BCUT2D eigenvalue weighted by Gasteiger charge is -2.10. The summed E-state index contributed by atoms with van der Waals surface area (Å²) in [5, 5.41) is 0.676. The van der Waals surface area contributed by atoms with Crippen LogP contribution in [0, 0.1) is 0 Å². The molecule has 1 heterocycles. The molecule has 0 saturated carbocycles. The highest BCUT2D eigenvalue weighted by Crippen LogP contribution is 2.32. The highest BCUT2D eigenvalue weighted by Gasteiger charge is 2.30. The van der Waals surface area contributed by atoms with E-state index in [0.29, 0.717) is 10.9 Å². The summed E-state index contributed by atoms with van der Waals surface area (Å²) < 4.78 is 37.6. The molecule has 0 aliphatic carbocycles. The van der Waals surface area contributed by atoms with Crippen LogP contribution in [0.2, 0.25) is 0 Å². The number of alkyl halides is 3. The van der Waals surface area contributed by atoms with Gasteiger partial charge in [0.1, 0.15) is 6.33 Å². The lowest BCUT2D eigenvalue weighted by Crippen LogP contribution is -2.05. The van der Waals surface area contributed by atoms with Crippen molar-refractivity contribution in [3.8, 4) is 0 Å². The maximum Gasteiger partial charge on any atom is 0.416 e. The summed E-state index contributed by atoms with van der Waals surface area (Å²) in [5.74, 6) is 0.150. The number of benzene rings is 1. The second-order valence-corrected chi connectivity index (χ2v) is 4.14. The number of aromatic nitrogens is 2. The van der Waals surface area contributed by atoms with Crippen molar-refractivity contribution in [3.05, 3.63) is 35.8 Å². The van der Waals surface area contributed by atoms with Gasteiger partial charge in [-0.3, -0.25) is 0 Å². The van der Waals surface area contributed by atoms with Crippen molar-refractivity contribution >= 4 is 10.9 Å². The number of hydrogen-bond donors (Lipinski definition) is 0. The van der Waals surface area contributed by atoms with Crippen molar-refractivity contribution in [2.45, 2.75) is 25.9 Å². The third-order valence-corrected chi connectivity index (χ3v) is 2.54. The topological polar surface area (TPSA) is 25.8 Å². The van der Waals surface area contributed by atoms with E-state index < -0.39 is 11.7 Å². The zero-order valence-corrected chi connectivity index (χ0v) is 9.42. The van der Waals surface area contributed by atoms with Crippen LogP contribution in [0.4, 0.5) is 13.2 Å². The molecule has 0 aliphatic heterocycles. The molecule has 0 spiro atoms. The smallest absolute Gasteiger partial charge is 0.240 e. The first kappa shape index (κ1) is 11.8. The largest absolute Gasteiger partial charge is 0.416 e. The average Bonchev–Trinajstić information content (AvgIpc) is 2.26. The molecule has 2 nitrogen and oxygen atoms in total. The standard InChI is InChI=1S/C12H11F3N2/c1-7(2)11-9-4-3-8(12(13,14)15)5-10(9)16-6-17-11/h3-7H,1-2H3. The monoisotopic (exact) mass is 240 g/mol. The van der Waals surface area contributed by atoms with Crippen molar-refractivity contribution in [1.29, 1.82) is 0 Å². The highest BCUT2D eigenvalue weighted by atomic mass is 19.4. The van der Waals surface area contributed by atoms with E-state index in [4.69, 9.17) is 0 Å². The number of fused-ring (bicyclic) bond motifs is 1. The van der Waals surface area contributed by atoms with E-state index in [1.165, 1.54) is 12.4 Å². The summed E-state index contributed by atoms with van der Waals surface area (Å²) >= 11 is 0. The van der Waals surface area contributed by atoms with E-state index in [1.807, 2.05) is 13.8 Å². The van der Waals surface area contributed by atoms with E-state index in [2.05, 4.69) is 9.97 Å². The number of halogens is 3. The molecule has 2 rings (SSSR count). The molecule has 0 atom stereocenters. The average molecular weight is 240 g/mol. The van der Waals surface area contributed by atoms with Gasteiger partial charge in [0.2, 0.25) is 0 Å². The Morgan fingerprint density at radius 3 is 2.41 bits per heavy atom. The van der Waals surface area contributed by atoms with Gasteiger partial charge in [-0.05, 0) is 18.1 Å². The lowest BCUT2D eigenvalue weighted by atomic mass is 10.0. The summed E-state index contributed by atoms with van der Waals surface area (Å²) in [4.78, 5) is 7.99. The molecule has 0 radical (unpaired) electrons. The van der Waals surface area contributed by atoms with Crippen LogP contribution in [0.1, 0.15) is 31.0 Å². The van der Waals surface area contributed by atoms with Crippen LogP contribution in [-0.4, -0.2) is 9.97 Å². The van der Waals surface area contributed by atoms with E-state index in [0.717, 1.165) is 17.8 Å². The Labute approximate surface area is 96.5 Å². The van der Waals surface area contributed by atoms with Crippen molar-refractivity contribution in [1.82, 2.24) is 9.97 Å². The molecular weight excluding hydrogens is 229 g/mol. The van der Waals surface area contributed by atoms with Crippen LogP contribution in [0.5, 0.6) is 0 Å². The minimum atomic E-state index is -4.34. The van der Waals surface area contributed by atoms with Gasteiger partial charge in [-0.15, -0.1) is 0 Å². The Bertz CT molecular complexity index is 547. The summed E-state index contributed by atoms with van der Waals surface area (Å²) in [6.07, 6.45) is -3.03. The van der Waals surface area contributed by atoms with E-state index in [9.17, 15) is 13.2 Å². The first-order chi connectivity index (χ1) is 7.89. The van der Waals surface area contributed by atoms with Crippen LogP contribution in [-0.2, 0) is 6.18 Å². The molecule has 0 aliphatic rings. The van der Waals surface area contributed by atoms with Crippen LogP contribution >= 0.6 is 0 Å². The van der Waals surface area contributed by atoms with Crippen LogP contribution < -0.4 is 0 Å². The Morgan fingerprint density at radius 2 is 1.82 bits per heavy atom. The van der Waals surface area contributed by atoms with Gasteiger partial charge in [0.05, 0.1) is 16.8 Å². The predicted octanol–water partition coefficient (Wildman–Crippen LogP) is 3.77. The van der Waals surface area contributed by atoms with Gasteiger partial charge in [0.25, 0.3) is 0 Å². The molecule has 90 valence electrons. The second-order valence-electron chi connectivity index (χ2n) is 4.14. The Hall–Kier alpha value is -1.65. The summed E-state index contributed by atoms with van der Waals surface area (Å²) in [6.45, 7) is 3.89. The minimum Gasteiger partial charge on any atom is -0.240 e. The number of rotatable bonds is 1. The summed E-state index contributed by atoms with van der Waals surface area (Å²) in [6, 6.07) is 3.56. The van der Waals surface area contributed by atoms with Crippen LogP contribution in [0.25, 0.3) is 10.9 Å². The van der Waals surface area contributed by atoms with Crippen molar-refractivity contribution in [2.24, 2.45) is 0 Å². The van der Waals surface area contributed by atoms with Gasteiger partial charge in [-0.25, -0.2) is 9.97 Å². The molecule has 0 fully saturated rings. The molecule has 1 aromatic heterocycles. The van der Waals surface area contributed by atoms with Gasteiger partial charge in [-0.2, -0.15) is 13.2 Å². The summed E-state index contributed by atoms with van der Waals surface area (Å²) in [5.41, 5.74) is 0.417. The quantitative estimate of drug-likeness (QED) is 0.758. The molecular formula is C12H11F3N2. The fourth-order valence-corrected chi connectivity index (χ4v) is 1.71. The number of nitrogens with zero attached hydrogens (tertiary/aromatic N) is 2. The number of hydrogen-bond acceptors (Lipinski definition) is 2. The van der Waals surface area contributed by atoms with Gasteiger partial charge >= 0.3 is 6.18 Å². The first-order valence-electron chi connectivity index (χ1n) is 5.21. The van der Waals surface area contributed by atoms with E-state index in [1.54, 1.807) is 0 Å². The molecule has 5 heteroatoms. The molecule has 0 N–H and O–H groups in total. The molecule has 0 bridgehead atoms. The molecule has 0 amide bonds. The van der Waals surface area contributed by atoms with Crippen molar-refractivity contribution < 1.29 is 13.2 Å². The molecule has 2 aromatic rings. The van der Waals surface area contributed by atoms with Crippen molar-refractivity contribution in [3.63, 3.8) is 0 Å². The lowest BCUT2D eigenvalue weighted by molar-refractivity contribution is -0.137. The SMILES string of the molecule is CC(C)c1ncnc2cc(C(F)(F)F)ccc12. The minimum absolute atomic E-state index is 0.150. The fraction of sp³-hybridized carbons (Fsp3) is 0.333. The summed E-state index contributed by atoms with van der Waals surface area (Å²) in [7, 11) is 0. The van der Waals surface area contributed by atoms with E-state index >= 15 is 0 Å². The molecule has 17 heavy (non-hydrogen) atoms. The third kappa shape index (κ3) is 2.23. The highest BCUT2D eigenvalue weighted by molar-refractivity contribution is 5.81. The molecule has 0 saturated heterocycles. The normalized spacial score (nSPS) is 12.4. The maximum absolute atomic E-state index is 12.5. The second kappa shape index (κ2) is 3.98. The Balaban J connectivity index is 2.65. The first-order valence-corrected chi connectivity index (χ1v) is 5.21. The molecule has 1 aromatic carbocycles. The van der Waals surface area contributed by atoms with Gasteiger partial charge in [0.15, 0.2) is 0 Å². The predicted molar refractivity (Wildman–Crippen MR) is 58.6 cm³/mol. The third-order valence-electron chi connectivity index (χ3n) is 2.54. The Kier molecular flexibility index (Phi) is 2.77. The van der Waals surface area contributed by atoms with Crippen molar-refractivity contribution in [2.75, 3.05) is 0 Å². The maximum atomic E-state index is 12.5. The fourth-order valence-electron chi connectivity index (χ4n) is 1.71. The zero-order valence-electron chi connectivity index (χ0n) is 9.42. The van der Waals surface area contributed by atoms with Gasteiger partial charge < -0.3 is 0 Å². The van der Waals surface area contributed by atoms with Crippen LogP contribution in [0.3, 0.4) is 0 Å². The Morgan fingerprint density at radius 1 is 1.12 bits per heavy atom. The van der Waals surface area contributed by atoms with Gasteiger partial charge in [-0.1, -0.05) is 19.9 Å². The zero-order chi connectivity index (χ0) is 12.6. The molecule has 0 unspecified atom stereocenters. The van der Waals surface area contributed by atoms with Gasteiger partial charge in [0, 0.05) is 5.39 Å². The van der Waals surface area contributed by atoms with E-state index in [-0.39, 0.29) is 5.92 Å². The van der Waals surface area contributed by atoms with Crippen LogP contribution in [0.15, 0.2) is 24.5 Å².